The van der Waals surface area contributed by atoms with E-state index >= 15 is 0 Å². The van der Waals surface area contributed by atoms with Crippen LogP contribution in [0.15, 0.2) is 12.1 Å². The number of carbonyl (C=O) groups is 1. The Morgan fingerprint density at radius 3 is 2.57 bits per heavy atom. The number of benzene rings is 1. The first kappa shape index (κ1) is 9.69. The van der Waals surface area contributed by atoms with Gasteiger partial charge < -0.3 is 0 Å². The van der Waals surface area contributed by atoms with Crippen LogP contribution in [0.25, 0.3) is 0 Å². The van der Waals surface area contributed by atoms with Crippen molar-refractivity contribution in [2.24, 2.45) is 0 Å². The van der Waals surface area contributed by atoms with Crippen LogP contribution in [0.5, 0.6) is 0 Å². The summed E-state index contributed by atoms with van der Waals surface area (Å²) in [6, 6.07) is 3.08. The van der Waals surface area contributed by atoms with Crippen molar-refractivity contribution < 1.29 is 9.59 Å². The topological polar surface area (TPSA) is 34.1 Å². The lowest BCUT2D eigenvalue weighted by atomic mass is 10.0. The Kier molecular flexibility index (Phi) is 2.33. The van der Waals surface area contributed by atoms with Crippen LogP contribution in [0, 0.1) is 0 Å². The lowest BCUT2D eigenvalue weighted by molar-refractivity contribution is 0.0992. The number of hydrogen-bond acceptors (Lipinski definition) is 2. The Bertz CT molecular complexity index is 426. The van der Waals surface area contributed by atoms with Gasteiger partial charge in [0.1, 0.15) is 0 Å². The third-order valence-corrected chi connectivity index (χ3v) is 3.02. The van der Waals surface area contributed by atoms with E-state index < -0.39 is 5.92 Å². The van der Waals surface area contributed by atoms with Crippen molar-refractivity contribution in [2.75, 3.05) is 0 Å². The fourth-order valence-corrected chi connectivity index (χ4v) is 1.94. The van der Waals surface area contributed by atoms with Crippen LogP contribution < -0.4 is 0 Å². The molecule has 0 saturated heterocycles. The van der Waals surface area contributed by atoms with Gasteiger partial charge in [0.25, 0.3) is 0 Å². The number of fused-ring (bicyclic) bond motifs is 1. The SMILES string of the molecule is O=[C]C1CC(=O)c2cc(Cl)c(Cl)cc21. The first-order valence-electron chi connectivity index (χ1n) is 4.03. The standard InChI is InChI=1S/C10H5Cl2O2/c11-8-2-6-5(4-13)1-10(14)7(6)3-9(8)12/h2-3,5H,1H2. The van der Waals surface area contributed by atoms with Gasteiger partial charge in [-0.1, -0.05) is 23.2 Å². The molecule has 1 unspecified atom stereocenters. The summed E-state index contributed by atoms with van der Waals surface area (Å²) in [5, 5.41) is 0.700. The molecule has 0 aliphatic heterocycles. The van der Waals surface area contributed by atoms with Gasteiger partial charge in [0.05, 0.1) is 16.0 Å². The highest BCUT2D eigenvalue weighted by Gasteiger charge is 2.30. The van der Waals surface area contributed by atoms with Gasteiger partial charge in [-0.05, 0) is 17.7 Å². The average molecular weight is 228 g/mol. The van der Waals surface area contributed by atoms with E-state index in [1.54, 1.807) is 6.07 Å². The van der Waals surface area contributed by atoms with Gasteiger partial charge in [-0.25, -0.2) is 0 Å². The molecule has 1 aliphatic carbocycles. The molecular formula is C10H5Cl2O2. The van der Waals surface area contributed by atoms with Gasteiger partial charge >= 0.3 is 0 Å². The minimum absolute atomic E-state index is 0.0769. The number of ketones is 1. The fraction of sp³-hybridized carbons (Fsp3) is 0.200. The summed E-state index contributed by atoms with van der Waals surface area (Å²) in [5.41, 5.74) is 1.13. The van der Waals surface area contributed by atoms with Crippen molar-refractivity contribution in [3.8, 4) is 0 Å². The Morgan fingerprint density at radius 1 is 1.29 bits per heavy atom. The number of rotatable bonds is 1. The quantitative estimate of drug-likeness (QED) is 0.740. The van der Waals surface area contributed by atoms with E-state index in [1.807, 2.05) is 6.29 Å². The van der Waals surface area contributed by atoms with Gasteiger partial charge in [0, 0.05) is 12.0 Å². The first-order valence-corrected chi connectivity index (χ1v) is 4.79. The van der Waals surface area contributed by atoms with Crippen LogP contribution in [-0.2, 0) is 4.79 Å². The molecule has 0 spiro atoms. The highest BCUT2D eigenvalue weighted by molar-refractivity contribution is 6.42. The van der Waals surface area contributed by atoms with E-state index in [9.17, 15) is 9.59 Å². The highest BCUT2D eigenvalue weighted by atomic mass is 35.5. The molecule has 0 fully saturated rings. The number of Topliss-reactive ketones (excluding diaryl/α,β-unsaturated/α-hetero) is 1. The molecule has 0 amide bonds. The summed E-state index contributed by atoms with van der Waals surface area (Å²) in [4.78, 5) is 22.0. The largest absolute Gasteiger partial charge is 0.294 e. The molecule has 4 heteroatoms. The molecule has 0 heterocycles. The van der Waals surface area contributed by atoms with Gasteiger partial charge in [-0.3, -0.25) is 9.59 Å². The number of carbonyl (C=O) groups excluding carboxylic acids is 2. The maximum atomic E-state index is 11.4. The third kappa shape index (κ3) is 1.35. The summed E-state index contributed by atoms with van der Waals surface area (Å²) < 4.78 is 0. The van der Waals surface area contributed by atoms with Crippen LogP contribution in [-0.4, -0.2) is 12.1 Å². The van der Waals surface area contributed by atoms with Crippen molar-refractivity contribution in [3.63, 3.8) is 0 Å². The molecule has 0 saturated carbocycles. The summed E-state index contributed by atoms with van der Waals surface area (Å²) in [5.74, 6) is -0.556. The molecule has 0 N–H and O–H groups in total. The van der Waals surface area contributed by atoms with Crippen LogP contribution >= 0.6 is 23.2 Å². The molecule has 1 radical (unpaired) electrons. The second kappa shape index (κ2) is 3.37. The van der Waals surface area contributed by atoms with Crippen molar-refractivity contribution in [3.05, 3.63) is 33.3 Å². The molecular weight excluding hydrogens is 223 g/mol. The lowest BCUT2D eigenvalue weighted by Crippen LogP contribution is -1.94. The smallest absolute Gasteiger partial charge is 0.206 e. The van der Waals surface area contributed by atoms with Crippen molar-refractivity contribution in [2.45, 2.75) is 12.3 Å². The third-order valence-electron chi connectivity index (χ3n) is 2.30. The Hall–Kier alpha value is -0.860. The number of hydrogen-bond donors (Lipinski definition) is 0. The fourth-order valence-electron chi connectivity index (χ4n) is 1.60. The van der Waals surface area contributed by atoms with Crippen LogP contribution in [0.3, 0.4) is 0 Å². The predicted molar refractivity (Wildman–Crippen MR) is 53.8 cm³/mol. The van der Waals surface area contributed by atoms with E-state index in [1.165, 1.54) is 6.07 Å². The van der Waals surface area contributed by atoms with Gasteiger partial charge in [0.2, 0.25) is 6.29 Å². The minimum atomic E-state index is -0.479. The first-order chi connectivity index (χ1) is 6.63. The zero-order chi connectivity index (χ0) is 10.3. The summed E-state index contributed by atoms with van der Waals surface area (Å²) in [6.07, 6.45) is 2.00. The second-order valence-electron chi connectivity index (χ2n) is 3.15. The molecule has 0 aromatic heterocycles. The zero-order valence-corrected chi connectivity index (χ0v) is 8.52. The van der Waals surface area contributed by atoms with Crippen LogP contribution in [0.4, 0.5) is 0 Å². The normalized spacial score (nSPS) is 19.6. The van der Waals surface area contributed by atoms with Gasteiger partial charge in [-0.15, -0.1) is 0 Å². The molecule has 1 aliphatic rings. The van der Waals surface area contributed by atoms with E-state index in [-0.39, 0.29) is 12.2 Å². The number of halogens is 2. The van der Waals surface area contributed by atoms with Crippen molar-refractivity contribution in [1.82, 2.24) is 0 Å². The van der Waals surface area contributed by atoms with E-state index in [0.717, 1.165) is 0 Å². The predicted octanol–water partition coefficient (Wildman–Crippen LogP) is 2.77. The molecule has 2 nitrogen and oxygen atoms in total. The molecule has 71 valence electrons. The Morgan fingerprint density at radius 2 is 1.93 bits per heavy atom. The lowest BCUT2D eigenvalue weighted by Gasteiger charge is -2.03. The Labute approximate surface area is 90.8 Å². The highest BCUT2D eigenvalue weighted by Crippen LogP contribution is 2.36. The maximum absolute atomic E-state index is 11.4. The summed E-state index contributed by atoms with van der Waals surface area (Å²) in [6.45, 7) is 0. The summed E-state index contributed by atoms with van der Waals surface area (Å²) in [7, 11) is 0. The molecule has 14 heavy (non-hydrogen) atoms. The van der Waals surface area contributed by atoms with Crippen LogP contribution in [0.1, 0.15) is 28.3 Å². The minimum Gasteiger partial charge on any atom is -0.294 e. The van der Waals surface area contributed by atoms with E-state index in [2.05, 4.69) is 0 Å². The van der Waals surface area contributed by atoms with Crippen molar-refractivity contribution in [1.29, 1.82) is 0 Å². The molecule has 0 bridgehead atoms. The average Bonchev–Trinajstić information content (AvgIpc) is 2.45. The van der Waals surface area contributed by atoms with E-state index in [4.69, 9.17) is 23.2 Å². The van der Waals surface area contributed by atoms with Crippen molar-refractivity contribution >= 4 is 35.3 Å². The summed E-state index contributed by atoms with van der Waals surface area (Å²) >= 11 is 11.6. The second-order valence-corrected chi connectivity index (χ2v) is 3.97. The van der Waals surface area contributed by atoms with Gasteiger partial charge in [0.15, 0.2) is 5.78 Å². The molecule has 1 atom stereocenters. The molecule has 1 aromatic carbocycles. The maximum Gasteiger partial charge on any atom is 0.206 e. The van der Waals surface area contributed by atoms with Gasteiger partial charge in [-0.2, -0.15) is 0 Å². The zero-order valence-electron chi connectivity index (χ0n) is 7.01. The molecule has 2 rings (SSSR count). The van der Waals surface area contributed by atoms with E-state index in [0.29, 0.717) is 21.2 Å². The van der Waals surface area contributed by atoms with Crippen LogP contribution in [0.2, 0.25) is 10.0 Å². The monoisotopic (exact) mass is 227 g/mol. The molecule has 1 aromatic rings. The Balaban J connectivity index is 2.63.